The summed E-state index contributed by atoms with van der Waals surface area (Å²) in [6.07, 6.45) is 4.75. The summed E-state index contributed by atoms with van der Waals surface area (Å²) in [5, 5.41) is 3.22. The Morgan fingerprint density at radius 3 is 1.67 bits per heavy atom. The molecule has 1 amide bonds. The van der Waals surface area contributed by atoms with Gasteiger partial charge < -0.3 is 21.1 Å². The second-order valence-corrected chi connectivity index (χ2v) is 3.88. The van der Waals surface area contributed by atoms with Crippen LogP contribution in [0.25, 0.3) is 0 Å². The van der Waals surface area contributed by atoms with E-state index in [1.54, 1.807) is 0 Å². The third-order valence-electron chi connectivity index (χ3n) is 2.55. The lowest BCUT2D eigenvalue weighted by Gasteiger charge is -1.96. The quantitative estimate of drug-likeness (QED) is 0.438. The van der Waals surface area contributed by atoms with Gasteiger partial charge in [0.05, 0.1) is 0 Å². The van der Waals surface area contributed by atoms with Gasteiger partial charge in [-0.2, -0.15) is 0 Å². The molecule has 1 heterocycles. The second-order valence-electron chi connectivity index (χ2n) is 3.88. The monoisotopic (exact) mass is 286 g/mol. The number of nitrogens with two attached hydrogens (primary N) is 1. The van der Waals surface area contributed by atoms with Crippen LogP contribution < -0.4 is 11.1 Å². The van der Waals surface area contributed by atoms with Crippen molar-refractivity contribution in [1.29, 1.82) is 0 Å². The van der Waals surface area contributed by atoms with Crippen molar-refractivity contribution in [3.63, 3.8) is 0 Å². The predicted molar refractivity (Wildman–Crippen MR) is 84.1 cm³/mol. The van der Waals surface area contributed by atoms with Gasteiger partial charge in [-0.25, -0.2) is 0 Å². The molecule has 0 bridgehead atoms. The minimum absolute atomic E-state index is 0. The van der Waals surface area contributed by atoms with E-state index in [1.165, 1.54) is 25.9 Å². The van der Waals surface area contributed by atoms with E-state index in [9.17, 15) is 4.79 Å². The van der Waals surface area contributed by atoms with Crippen molar-refractivity contribution in [3.05, 3.63) is 0 Å². The highest BCUT2D eigenvalue weighted by atomic mass is 32.1. The number of carbonyl (C=O) groups excluding carboxylic acids is 1. The highest BCUT2D eigenvalue weighted by molar-refractivity contribution is 7.74. The molecule has 0 radical (unpaired) electrons. The number of amides is 1. The van der Waals surface area contributed by atoms with Crippen molar-refractivity contribution in [2.75, 3.05) is 13.1 Å². The average Bonchev–Trinajstić information content (AvgIpc) is 2.87. The standard InChI is InChI=1S/C5H9NO.C4H9N.C2H6.CH4.H2OS.H2O.H2/c1-5(2-3-5)4(6)7;1-2-4-5-3-1;1-2;;1-2;;/h2-3H2,1H3,(H2,6,7);5H,1-4H2;1-2H3;1H4;1-2H;1H2;1H. The highest BCUT2D eigenvalue weighted by Crippen LogP contribution is 2.44. The van der Waals surface area contributed by atoms with E-state index in [0.29, 0.717) is 0 Å². The summed E-state index contributed by atoms with van der Waals surface area (Å²) in [6.45, 7) is 8.40. The number of thiol groups is 1. The summed E-state index contributed by atoms with van der Waals surface area (Å²) in [5.74, 6) is -0.146. The minimum Gasteiger partial charge on any atom is -0.412 e. The molecule has 2 rings (SSSR count). The van der Waals surface area contributed by atoms with Crippen LogP contribution in [0.15, 0.2) is 0 Å². The maximum Gasteiger partial charge on any atom is 0.223 e. The lowest BCUT2D eigenvalue weighted by molar-refractivity contribution is -0.122. The Kier molecular flexibility index (Phi) is 24.4. The van der Waals surface area contributed by atoms with Crippen LogP contribution in [0.4, 0.5) is 0 Å². The Labute approximate surface area is 119 Å². The first-order valence-corrected chi connectivity index (χ1v) is 6.26. The molecule has 0 atom stereocenters. The molecule has 0 unspecified atom stereocenters. The molecule has 1 aliphatic carbocycles. The van der Waals surface area contributed by atoms with Gasteiger partial charge in [0.1, 0.15) is 0 Å². The largest absolute Gasteiger partial charge is 0.412 e. The maximum absolute atomic E-state index is 10.3. The number of rotatable bonds is 1. The molecule has 1 saturated heterocycles. The molecule has 5 nitrogen and oxygen atoms in total. The number of nitrogens with one attached hydrogen (secondary N) is 1. The average molecular weight is 286 g/mol. The van der Waals surface area contributed by atoms with Gasteiger partial charge in [-0.1, -0.05) is 28.2 Å². The molecule has 0 aromatic rings. The van der Waals surface area contributed by atoms with E-state index in [0.717, 1.165) is 12.8 Å². The van der Waals surface area contributed by atoms with Crippen LogP contribution in [-0.4, -0.2) is 29.0 Å². The van der Waals surface area contributed by atoms with E-state index >= 15 is 0 Å². The predicted octanol–water partition coefficient (Wildman–Crippen LogP) is 2.11. The molecule has 0 spiro atoms. The van der Waals surface area contributed by atoms with Gasteiger partial charge in [-0.3, -0.25) is 4.79 Å². The van der Waals surface area contributed by atoms with Gasteiger partial charge in [-0.05, 0) is 51.7 Å². The summed E-state index contributed by atoms with van der Waals surface area (Å²) >= 11 is 2.53. The molecule has 2 aliphatic rings. The van der Waals surface area contributed by atoms with Gasteiger partial charge in [0.2, 0.25) is 5.91 Å². The molecule has 18 heavy (non-hydrogen) atoms. The van der Waals surface area contributed by atoms with Gasteiger partial charge in [0.15, 0.2) is 0 Å². The van der Waals surface area contributed by atoms with Crippen molar-refractivity contribution in [3.8, 4) is 0 Å². The first-order chi connectivity index (χ1) is 7.65. The molecule has 1 aliphatic heterocycles. The lowest BCUT2D eigenvalue weighted by Crippen LogP contribution is -2.21. The fourth-order valence-electron chi connectivity index (χ4n) is 1.06. The normalized spacial score (nSPS) is 16.7. The fourth-order valence-corrected chi connectivity index (χ4v) is 1.06. The molecule has 0 aromatic carbocycles. The van der Waals surface area contributed by atoms with Crippen LogP contribution in [0.2, 0.25) is 0 Å². The van der Waals surface area contributed by atoms with Gasteiger partial charge in [0, 0.05) is 6.84 Å². The van der Waals surface area contributed by atoms with Crippen LogP contribution in [0, 0.1) is 5.41 Å². The van der Waals surface area contributed by atoms with Crippen molar-refractivity contribution >= 4 is 18.8 Å². The van der Waals surface area contributed by atoms with Crippen LogP contribution in [0.3, 0.4) is 0 Å². The zero-order valence-electron chi connectivity index (χ0n) is 11.1. The van der Waals surface area contributed by atoms with Crippen molar-refractivity contribution in [1.82, 2.24) is 5.32 Å². The van der Waals surface area contributed by atoms with Crippen LogP contribution in [0.5, 0.6) is 0 Å². The van der Waals surface area contributed by atoms with Crippen LogP contribution in [-0.2, 0) is 4.79 Å². The highest BCUT2D eigenvalue weighted by Gasteiger charge is 2.43. The first kappa shape index (κ1) is 26.3. The van der Waals surface area contributed by atoms with E-state index < -0.39 is 0 Å². The Morgan fingerprint density at radius 2 is 1.61 bits per heavy atom. The van der Waals surface area contributed by atoms with Crippen molar-refractivity contribution in [2.45, 2.75) is 53.9 Å². The molecular formula is C12H34N2O3S. The van der Waals surface area contributed by atoms with Crippen molar-refractivity contribution in [2.24, 2.45) is 11.1 Å². The molecular weight excluding hydrogens is 252 g/mol. The fraction of sp³-hybridized carbons (Fsp3) is 0.917. The van der Waals surface area contributed by atoms with E-state index in [2.05, 4.69) is 18.2 Å². The molecule has 2 fully saturated rings. The maximum atomic E-state index is 10.3. The Morgan fingerprint density at radius 1 is 1.28 bits per heavy atom. The first-order valence-electron chi connectivity index (χ1n) is 5.86. The Hall–Kier alpha value is -0.300. The smallest absolute Gasteiger partial charge is 0.223 e. The molecule has 0 aromatic heterocycles. The zero-order chi connectivity index (χ0) is 13.0. The summed E-state index contributed by atoms with van der Waals surface area (Å²) in [6, 6.07) is 0. The number of carbonyl (C=O) groups is 1. The van der Waals surface area contributed by atoms with Gasteiger partial charge >= 0.3 is 0 Å². The number of hydrogen-bond acceptors (Lipinski definition) is 4. The van der Waals surface area contributed by atoms with Gasteiger partial charge in [-0.15, -0.1) is 0 Å². The molecule has 1 saturated carbocycles. The summed E-state index contributed by atoms with van der Waals surface area (Å²) in [5.41, 5.74) is 4.88. The molecule has 6 heteroatoms. The number of primary amides is 1. The molecule has 6 N–H and O–H groups in total. The lowest BCUT2D eigenvalue weighted by atomic mass is 10.1. The van der Waals surface area contributed by atoms with Crippen LogP contribution >= 0.6 is 12.9 Å². The van der Waals surface area contributed by atoms with E-state index in [1.807, 2.05) is 20.8 Å². The molecule has 116 valence electrons. The minimum atomic E-state index is -0.146. The Balaban J connectivity index is -0.0000000494. The SMILES string of the molecule is C.C1CCNC1.CC.CC1(C(N)=O)CC1.O.OS.[HH]. The second kappa shape index (κ2) is 16.7. The topological polar surface area (TPSA) is 107 Å². The summed E-state index contributed by atoms with van der Waals surface area (Å²) in [7, 11) is 0. The Bertz CT molecular complexity index is 171. The van der Waals surface area contributed by atoms with Crippen molar-refractivity contribution < 1.29 is 16.3 Å². The van der Waals surface area contributed by atoms with E-state index in [4.69, 9.17) is 10.3 Å². The van der Waals surface area contributed by atoms with Gasteiger partial charge in [0.25, 0.3) is 0 Å². The third kappa shape index (κ3) is 13.8. The summed E-state index contributed by atoms with van der Waals surface area (Å²) < 4.78 is 6.69. The van der Waals surface area contributed by atoms with Crippen LogP contribution in [0.1, 0.15) is 55.3 Å². The van der Waals surface area contributed by atoms with E-state index in [-0.39, 0.29) is 25.7 Å². The zero-order valence-corrected chi connectivity index (χ0v) is 12.0. The number of hydrogen-bond donors (Lipinski definition) is 4. The summed E-state index contributed by atoms with van der Waals surface area (Å²) in [4.78, 5) is 10.3. The third-order valence-corrected chi connectivity index (χ3v) is 2.55.